The van der Waals surface area contributed by atoms with Gasteiger partial charge in [-0.15, -0.1) is 12.8 Å². The lowest BCUT2D eigenvalue weighted by Gasteiger charge is -2.34. The van der Waals surface area contributed by atoms with E-state index in [-0.39, 0.29) is 0 Å². The average Bonchev–Trinajstić information content (AvgIpc) is 3.28. The van der Waals surface area contributed by atoms with Crippen molar-refractivity contribution in [3.05, 3.63) is 84.0 Å². The minimum absolute atomic E-state index is 0.635. The molecule has 1 aromatic carbocycles. The lowest BCUT2D eigenvalue weighted by atomic mass is 9.98. The van der Waals surface area contributed by atoms with Crippen LogP contribution >= 0.6 is 0 Å². The van der Waals surface area contributed by atoms with Crippen molar-refractivity contribution in [2.45, 2.75) is 13.3 Å². The number of fused-ring (bicyclic) bond motifs is 1. The van der Waals surface area contributed by atoms with Crippen LogP contribution in [0.4, 0.5) is 11.4 Å². The Morgan fingerprint density at radius 3 is 2.59 bits per heavy atom. The molecular formula is C28H34N6. The van der Waals surface area contributed by atoms with E-state index in [0.29, 0.717) is 12.1 Å². The number of pyridine rings is 1. The fraction of sp³-hybridized carbons (Fsp3) is 0.250. The number of benzene rings is 1. The molecule has 0 aliphatic carbocycles. The number of nitrogens with two attached hydrogens (primary N) is 2. The van der Waals surface area contributed by atoms with Gasteiger partial charge >= 0.3 is 0 Å². The lowest BCUT2D eigenvalue weighted by Crippen LogP contribution is -2.44. The third-order valence-electron chi connectivity index (χ3n) is 6.15. The number of piperazine rings is 1. The number of nitrogen functional groups attached to an aromatic ring is 1. The van der Waals surface area contributed by atoms with Gasteiger partial charge in [-0.05, 0) is 61.0 Å². The van der Waals surface area contributed by atoms with Crippen LogP contribution in [0, 0.1) is 12.8 Å². The van der Waals surface area contributed by atoms with E-state index in [2.05, 4.69) is 58.4 Å². The van der Waals surface area contributed by atoms with Crippen molar-refractivity contribution in [2.75, 3.05) is 43.9 Å². The summed E-state index contributed by atoms with van der Waals surface area (Å²) in [6.45, 7) is 9.90. The smallest absolute Gasteiger partial charge is 0.0663 e. The fourth-order valence-corrected chi connectivity index (χ4v) is 4.20. The Morgan fingerprint density at radius 1 is 1.18 bits per heavy atom. The van der Waals surface area contributed by atoms with E-state index in [9.17, 15) is 0 Å². The molecular weight excluding hydrogens is 420 g/mol. The largest absolute Gasteiger partial charge is 0.399 e. The number of hydrogen-bond donors (Lipinski definition) is 3. The number of likely N-dealkylation sites (N-methyl/N-ethyl adjacent to an activating group) is 1. The maximum absolute atomic E-state index is 6.35. The molecule has 1 saturated heterocycles. The van der Waals surface area contributed by atoms with E-state index < -0.39 is 0 Å². The van der Waals surface area contributed by atoms with Crippen LogP contribution in [0.5, 0.6) is 0 Å². The van der Waals surface area contributed by atoms with Crippen LogP contribution < -0.4 is 16.4 Å². The zero-order valence-electron chi connectivity index (χ0n) is 20.1. The Labute approximate surface area is 202 Å². The molecule has 1 aliphatic rings. The van der Waals surface area contributed by atoms with Crippen molar-refractivity contribution < 1.29 is 0 Å². The number of nitrogens with zero attached hydrogens (tertiary/aromatic N) is 3. The summed E-state index contributed by atoms with van der Waals surface area (Å²) >= 11 is 0. The highest BCUT2D eigenvalue weighted by Crippen LogP contribution is 2.30. The van der Waals surface area contributed by atoms with E-state index in [1.165, 1.54) is 11.1 Å². The van der Waals surface area contributed by atoms with Crippen LogP contribution in [0.2, 0.25) is 0 Å². The molecule has 5 N–H and O–H groups in total. The molecule has 34 heavy (non-hydrogen) atoms. The van der Waals surface area contributed by atoms with Crippen LogP contribution in [0.15, 0.2) is 67.2 Å². The second-order valence-corrected chi connectivity index (χ2v) is 8.39. The summed E-state index contributed by atoms with van der Waals surface area (Å²) in [6, 6.07) is 8.37. The second-order valence-electron chi connectivity index (χ2n) is 8.39. The van der Waals surface area contributed by atoms with Crippen LogP contribution in [0.25, 0.3) is 16.5 Å². The molecule has 0 bridgehead atoms. The monoisotopic (exact) mass is 454 g/mol. The molecule has 1 aliphatic heterocycles. The number of rotatable bonds is 6. The van der Waals surface area contributed by atoms with Gasteiger partial charge in [0.25, 0.3) is 0 Å². The maximum atomic E-state index is 6.35. The van der Waals surface area contributed by atoms with Crippen molar-refractivity contribution in [1.29, 1.82) is 0 Å². The summed E-state index contributed by atoms with van der Waals surface area (Å²) in [7, 11) is 2.17. The molecule has 0 atom stereocenters. The normalized spacial score (nSPS) is 15.1. The molecule has 0 spiro atoms. The number of terminal acetylenes is 1. The summed E-state index contributed by atoms with van der Waals surface area (Å²) in [5.41, 5.74) is 20.3. The van der Waals surface area contributed by atoms with E-state index in [1.54, 1.807) is 6.08 Å². The minimum Gasteiger partial charge on any atom is -0.399 e. The molecule has 3 heterocycles. The van der Waals surface area contributed by atoms with Gasteiger partial charge in [-0.3, -0.25) is 4.98 Å². The van der Waals surface area contributed by atoms with Crippen molar-refractivity contribution in [2.24, 2.45) is 5.73 Å². The van der Waals surface area contributed by atoms with Gasteiger partial charge in [-0.1, -0.05) is 18.7 Å². The predicted octanol–water partition coefficient (Wildman–Crippen LogP) is 4.17. The zero-order valence-corrected chi connectivity index (χ0v) is 20.1. The van der Waals surface area contributed by atoms with E-state index in [0.717, 1.165) is 59.8 Å². The number of allylic oxidation sites excluding steroid dienone is 4. The Bertz CT molecular complexity index is 1220. The molecule has 4 rings (SSSR count). The van der Waals surface area contributed by atoms with Crippen molar-refractivity contribution in [3.63, 3.8) is 0 Å². The summed E-state index contributed by atoms with van der Waals surface area (Å²) in [5, 5.41) is 1.21. The van der Waals surface area contributed by atoms with Crippen LogP contribution in [0.3, 0.4) is 0 Å². The van der Waals surface area contributed by atoms with Crippen molar-refractivity contribution in [3.8, 4) is 12.8 Å². The van der Waals surface area contributed by atoms with Crippen molar-refractivity contribution in [1.82, 2.24) is 14.9 Å². The summed E-state index contributed by atoms with van der Waals surface area (Å²) in [5.74, 6) is 0. The lowest BCUT2D eigenvalue weighted by molar-refractivity contribution is 0.313. The molecule has 0 saturated carbocycles. The second kappa shape index (κ2) is 11.3. The number of aromatic nitrogens is 2. The Hall–Kier alpha value is -3.95. The number of hydrogen-bond acceptors (Lipinski definition) is 5. The van der Waals surface area contributed by atoms with Crippen LogP contribution in [-0.4, -0.2) is 48.1 Å². The first-order valence-electron chi connectivity index (χ1n) is 11.4. The third kappa shape index (κ3) is 5.51. The first kappa shape index (κ1) is 24.7. The van der Waals surface area contributed by atoms with E-state index in [4.69, 9.17) is 11.5 Å². The number of nitrogens with one attached hydrogen (secondary N) is 1. The quantitative estimate of drug-likeness (QED) is 0.296. The van der Waals surface area contributed by atoms with E-state index >= 15 is 0 Å². The van der Waals surface area contributed by atoms with Gasteiger partial charge in [0, 0.05) is 55.1 Å². The van der Waals surface area contributed by atoms with Gasteiger partial charge < -0.3 is 26.3 Å². The molecule has 6 heteroatoms. The molecule has 0 unspecified atom stereocenters. The van der Waals surface area contributed by atoms with Gasteiger partial charge in [0.1, 0.15) is 0 Å². The molecule has 0 amide bonds. The van der Waals surface area contributed by atoms with Gasteiger partial charge in [0.05, 0.1) is 23.6 Å². The molecule has 0 radical (unpaired) electrons. The highest BCUT2D eigenvalue weighted by Gasteiger charge is 2.18. The van der Waals surface area contributed by atoms with Crippen molar-refractivity contribution >= 4 is 27.9 Å². The standard InChI is InChI=1S/C26H32N6.C2H2/c1-4-18(13-21(27)5-2)19-6-7-24(28)20(12-19)14-22-15-23-25(30-22)16-29-17-26(23)32-10-8-31(3)9-11-32;1-2/h4-7,12-13,15-17,30H,2,8-11,14,27-28H2,1,3H3;1-2H/b18-4+,21-13+;. The van der Waals surface area contributed by atoms with Gasteiger partial charge in [-0.2, -0.15) is 0 Å². The zero-order chi connectivity index (χ0) is 24.7. The maximum Gasteiger partial charge on any atom is 0.0663 e. The molecule has 1 fully saturated rings. The predicted molar refractivity (Wildman–Crippen MR) is 145 cm³/mol. The minimum atomic E-state index is 0.635. The highest BCUT2D eigenvalue weighted by atomic mass is 15.2. The molecule has 3 aromatic rings. The first-order chi connectivity index (χ1) is 16.5. The number of anilines is 2. The number of H-pyrrole nitrogens is 1. The third-order valence-corrected chi connectivity index (χ3v) is 6.15. The van der Waals surface area contributed by atoms with Crippen LogP contribution in [0.1, 0.15) is 23.7 Å². The summed E-state index contributed by atoms with van der Waals surface area (Å²) in [6.07, 6.45) is 18.2. The molecule has 2 aromatic heterocycles. The average molecular weight is 455 g/mol. The molecule has 6 nitrogen and oxygen atoms in total. The van der Waals surface area contributed by atoms with E-state index in [1.807, 2.05) is 43.6 Å². The Kier molecular flexibility index (Phi) is 8.18. The molecule has 176 valence electrons. The Balaban J connectivity index is 0.00000158. The van der Waals surface area contributed by atoms with Gasteiger partial charge in [0.15, 0.2) is 0 Å². The Morgan fingerprint density at radius 2 is 1.91 bits per heavy atom. The summed E-state index contributed by atoms with van der Waals surface area (Å²) in [4.78, 5) is 12.8. The first-order valence-corrected chi connectivity index (χ1v) is 11.4. The fourth-order valence-electron chi connectivity index (χ4n) is 4.20. The topological polar surface area (TPSA) is 87.2 Å². The SMILES string of the molecule is C#C.C=C/C(N)=C\C(=C/C)c1ccc(N)c(Cc2cc3c(N4CCN(C)CC4)cncc3[nH]2)c1. The van der Waals surface area contributed by atoms with Gasteiger partial charge in [-0.25, -0.2) is 0 Å². The van der Waals surface area contributed by atoms with Gasteiger partial charge in [0.2, 0.25) is 0 Å². The van der Waals surface area contributed by atoms with Crippen LogP contribution in [-0.2, 0) is 6.42 Å². The number of aromatic amines is 1. The highest BCUT2D eigenvalue weighted by molar-refractivity contribution is 5.92. The summed E-state index contributed by atoms with van der Waals surface area (Å²) < 4.78 is 0.